The Morgan fingerprint density at radius 1 is 1.30 bits per heavy atom. The maximum Gasteiger partial charge on any atom is 0.379 e. The number of hydrogen-bond donors (Lipinski definition) is 0. The second-order valence-electron chi connectivity index (χ2n) is 4.62. The number of ketones is 2. The monoisotopic (exact) mass is 271 g/mol. The highest BCUT2D eigenvalue weighted by atomic mass is 16.5. The lowest BCUT2D eigenvalue weighted by atomic mass is 10.0. The zero-order valence-corrected chi connectivity index (χ0v) is 11.0. The lowest BCUT2D eigenvalue weighted by Gasteiger charge is -2.01. The first-order chi connectivity index (χ1) is 9.65. The van der Waals surface area contributed by atoms with E-state index < -0.39 is 11.8 Å². The summed E-state index contributed by atoms with van der Waals surface area (Å²) in [4.78, 5) is 36.0. The highest BCUT2D eigenvalue weighted by Gasteiger charge is 2.33. The Bertz CT molecular complexity index is 742. The average molecular weight is 271 g/mol. The molecule has 0 fully saturated rings. The van der Waals surface area contributed by atoms with Gasteiger partial charge in [-0.15, -0.1) is 0 Å². The number of ether oxygens (including phenoxy) is 1. The van der Waals surface area contributed by atoms with Crippen LogP contribution in [-0.4, -0.2) is 28.7 Å². The summed E-state index contributed by atoms with van der Waals surface area (Å²) >= 11 is 0. The highest BCUT2D eigenvalue weighted by molar-refractivity contribution is 6.44. The van der Waals surface area contributed by atoms with Crippen LogP contribution in [0.4, 0.5) is 0 Å². The molecule has 0 radical (unpaired) electrons. The number of hydrogen-bond acceptors (Lipinski definition) is 4. The van der Waals surface area contributed by atoms with E-state index in [1.165, 1.54) is 0 Å². The zero-order chi connectivity index (χ0) is 14.3. The van der Waals surface area contributed by atoms with Gasteiger partial charge < -0.3 is 9.30 Å². The lowest BCUT2D eigenvalue weighted by Crippen LogP contribution is -2.19. The van der Waals surface area contributed by atoms with Crippen LogP contribution in [0.15, 0.2) is 24.3 Å². The van der Waals surface area contributed by atoms with Crippen molar-refractivity contribution in [3.05, 3.63) is 35.5 Å². The third-order valence-corrected chi connectivity index (χ3v) is 3.49. The summed E-state index contributed by atoms with van der Waals surface area (Å²) in [6, 6.07) is 7.22. The van der Waals surface area contributed by atoms with Gasteiger partial charge in [-0.05, 0) is 13.0 Å². The molecule has 1 aromatic carbocycles. The summed E-state index contributed by atoms with van der Waals surface area (Å²) in [6.07, 6.45) is 0.364. The van der Waals surface area contributed by atoms with Crippen molar-refractivity contribution >= 4 is 28.4 Å². The molecule has 3 rings (SSSR count). The largest absolute Gasteiger partial charge is 0.460 e. The number of carbonyl (C=O) groups excluding carboxylic acids is 3. The van der Waals surface area contributed by atoms with Gasteiger partial charge in [0, 0.05) is 23.9 Å². The van der Waals surface area contributed by atoms with Crippen molar-refractivity contribution in [1.29, 1.82) is 0 Å². The summed E-state index contributed by atoms with van der Waals surface area (Å²) in [7, 11) is 0. The SMILES string of the molecule is CCOC(=O)C(=O)c1c2n(c3ccccc13)CCC2=O. The Hall–Kier alpha value is -2.43. The molecule has 1 aromatic heterocycles. The average Bonchev–Trinajstić information content (AvgIpc) is 2.97. The topological polar surface area (TPSA) is 65.4 Å². The van der Waals surface area contributed by atoms with Crippen molar-refractivity contribution in [3.8, 4) is 0 Å². The maximum absolute atomic E-state index is 12.3. The van der Waals surface area contributed by atoms with Gasteiger partial charge in [0.2, 0.25) is 0 Å². The number of para-hydroxylation sites is 1. The van der Waals surface area contributed by atoms with E-state index in [1.54, 1.807) is 19.1 Å². The van der Waals surface area contributed by atoms with Crippen LogP contribution in [0, 0.1) is 0 Å². The van der Waals surface area contributed by atoms with Gasteiger partial charge in [0.25, 0.3) is 5.78 Å². The van der Waals surface area contributed by atoms with Gasteiger partial charge in [-0.3, -0.25) is 9.59 Å². The van der Waals surface area contributed by atoms with E-state index >= 15 is 0 Å². The van der Waals surface area contributed by atoms with Crippen molar-refractivity contribution < 1.29 is 19.1 Å². The van der Waals surface area contributed by atoms with E-state index in [0.29, 0.717) is 24.0 Å². The highest BCUT2D eigenvalue weighted by Crippen LogP contribution is 2.31. The smallest absolute Gasteiger partial charge is 0.379 e. The van der Waals surface area contributed by atoms with Gasteiger partial charge in [0.05, 0.1) is 17.9 Å². The molecule has 1 aliphatic rings. The number of nitrogens with zero attached hydrogens (tertiary/aromatic N) is 1. The molecule has 0 saturated carbocycles. The Morgan fingerprint density at radius 2 is 2.05 bits per heavy atom. The maximum atomic E-state index is 12.3. The molecule has 0 amide bonds. The fraction of sp³-hybridized carbons (Fsp3) is 0.267. The molecule has 0 N–H and O–H groups in total. The number of esters is 1. The number of fused-ring (bicyclic) bond motifs is 3. The zero-order valence-electron chi connectivity index (χ0n) is 11.0. The van der Waals surface area contributed by atoms with Crippen LogP contribution in [0.2, 0.25) is 0 Å². The fourth-order valence-corrected chi connectivity index (χ4v) is 2.69. The van der Waals surface area contributed by atoms with Crippen molar-refractivity contribution in [3.63, 3.8) is 0 Å². The summed E-state index contributed by atoms with van der Waals surface area (Å²) in [5.74, 6) is -1.76. The normalized spacial score (nSPS) is 13.6. The third kappa shape index (κ3) is 1.66. The third-order valence-electron chi connectivity index (χ3n) is 3.49. The molecule has 0 unspecified atom stereocenters. The second kappa shape index (κ2) is 4.59. The number of rotatable bonds is 3. The predicted octanol–water partition coefficient (Wildman–Crippen LogP) is 1.97. The molecular formula is C15H13NO4. The molecule has 2 heterocycles. The first-order valence-electron chi connectivity index (χ1n) is 6.51. The van der Waals surface area contributed by atoms with E-state index in [-0.39, 0.29) is 18.0 Å². The van der Waals surface area contributed by atoms with E-state index in [9.17, 15) is 14.4 Å². The van der Waals surface area contributed by atoms with Gasteiger partial charge in [-0.1, -0.05) is 18.2 Å². The quantitative estimate of drug-likeness (QED) is 0.486. The predicted molar refractivity (Wildman–Crippen MR) is 71.8 cm³/mol. The van der Waals surface area contributed by atoms with Crippen LogP contribution in [0.5, 0.6) is 0 Å². The minimum Gasteiger partial charge on any atom is -0.460 e. The van der Waals surface area contributed by atoms with E-state index in [4.69, 9.17) is 4.74 Å². The Kier molecular flexibility index (Phi) is 2.89. The van der Waals surface area contributed by atoms with Crippen LogP contribution in [0.3, 0.4) is 0 Å². The van der Waals surface area contributed by atoms with Gasteiger partial charge in [-0.2, -0.15) is 0 Å². The lowest BCUT2D eigenvalue weighted by molar-refractivity contribution is -0.137. The standard InChI is InChI=1S/C15H13NO4/c1-2-20-15(19)14(18)12-9-5-3-4-6-10(9)16-8-7-11(17)13(12)16/h3-6H,2,7-8H2,1H3. The molecule has 0 saturated heterocycles. The van der Waals surface area contributed by atoms with Gasteiger partial charge in [0.15, 0.2) is 5.78 Å². The Balaban J connectivity index is 2.25. The van der Waals surface area contributed by atoms with E-state index in [1.807, 2.05) is 16.7 Å². The molecule has 0 aliphatic carbocycles. The second-order valence-corrected chi connectivity index (χ2v) is 4.62. The fourth-order valence-electron chi connectivity index (χ4n) is 2.69. The van der Waals surface area contributed by atoms with Crippen molar-refractivity contribution in [2.24, 2.45) is 0 Å². The van der Waals surface area contributed by atoms with Gasteiger partial charge >= 0.3 is 5.97 Å². The summed E-state index contributed by atoms with van der Waals surface area (Å²) in [6.45, 7) is 2.32. The molecule has 0 atom stereocenters. The van der Waals surface area contributed by atoms with Crippen LogP contribution >= 0.6 is 0 Å². The van der Waals surface area contributed by atoms with Crippen molar-refractivity contribution in [2.45, 2.75) is 19.9 Å². The van der Waals surface area contributed by atoms with Gasteiger partial charge in [0.1, 0.15) is 0 Å². The van der Waals surface area contributed by atoms with Crippen LogP contribution in [0.1, 0.15) is 34.2 Å². The molecule has 2 aromatic rings. The first-order valence-corrected chi connectivity index (χ1v) is 6.51. The van der Waals surface area contributed by atoms with Crippen LogP contribution in [-0.2, 0) is 16.1 Å². The number of aromatic nitrogens is 1. The molecule has 0 bridgehead atoms. The molecule has 5 nitrogen and oxygen atoms in total. The van der Waals surface area contributed by atoms with Crippen LogP contribution < -0.4 is 0 Å². The van der Waals surface area contributed by atoms with E-state index in [0.717, 1.165) is 5.52 Å². The number of aryl methyl sites for hydroxylation is 1. The molecule has 102 valence electrons. The first kappa shape index (κ1) is 12.6. The van der Waals surface area contributed by atoms with E-state index in [2.05, 4.69) is 0 Å². The number of carbonyl (C=O) groups is 3. The number of benzene rings is 1. The minimum atomic E-state index is -0.911. The molecule has 20 heavy (non-hydrogen) atoms. The molecule has 0 spiro atoms. The molecular weight excluding hydrogens is 258 g/mol. The van der Waals surface area contributed by atoms with Crippen molar-refractivity contribution in [2.75, 3.05) is 6.61 Å². The summed E-state index contributed by atoms with van der Waals surface area (Å²) < 4.78 is 6.57. The number of Topliss-reactive ketones (excluding diaryl/α,β-unsaturated/α-hetero) is 2. The van der Waals surface area contributed by atoms with Crippen molar-refractivity contribution in [1.82, 2.24) is 4.57 Å². The molecule has 1 aliphatic heterocycles. The minimum absolute atomic E-state index is 0.103. The Labute approximate surface area is 115 Å². The van der Waals surface area contributed by atoms with Gasteiger partial charge in [-0.25, -0.2) is 4.79 Å². The summed E-state index contributed by atoms with van der Waals surface area (Å²) in [5.41, 5.74) is 1.33. The molecule has 5 heteroatoms. The Morgan fingerprint density at radius 3 is 2.80 bits per heavy atom. The summed E-state index contributed by atoms with van der Waals surface area (Å²) in [5, 5.41) is 0.633. The van der Waals surface area contributed by atoms with Crippen LogP contribution in [0.25, 0.3) is 10.9 Å².